The van der Waals surface area contributed by atoms with E-state index in [-0.39, 0.29) is 5.82 Å². The predicted octanol–water partition coefficient (Wildman–Crippen LogP) is 1.61. The second-order valence-corrected chi connectivity index (χ2v) is 5.45. The van der Waals surface area contributed by atoms with Crippen molar-refractivity contribution in [2.75, 3.05) is 5.75 Å². The molecule has 0 fully saturated rings. The Hall–Kier alpha value is -1.71. The lowest BCUT2D eigenvalue weighted by atomic mass is 10.4. The van der Waals surface area contributed by atoms with Gasteiger partial charge in [0.25, 0.3) is 5.82 Å². The molecule has 2 rings (SSSR count). The van der Waals surface area contributed by atoms with Crippen LogP contribution in [0.3, 0.4) is 0 Å². The molecule has 0 N–H and O–H groups in total. The Morgan fingerprint density at radius 3 is 2.72 bits per heavy atom. The van der Waals surface area contributed by atoms with Crippen LogP contribution in [0.5, 0.6) is 0 Å². The molecule has 0 aliphatic carbocycles. The molecule has 1 unspecified atom stereocenters. The van der Waals surface area contributed by atoms with Crippen molar-refractivity contribution in [3.8, 4) is 6.07 Å². The largest absolute Gasteiger partial charge is 0.254 e. The highest BCUT2D eigenvalue weighted by Gasteiger charge is 2.05. The summed E-state index contributed by atoms with van der Waals surface area (Å²) in [4.78, 5) is 4.49. The quantitative estimate of drug-likeness (QED) is 0.853. The Bertz CT molecular complexity index is 602. The van der Waals surface area contributed by atoms with Crippen LogP contribution < -0.4 is 0 Å². The Kier molecular flexibility index (Phi) is 4.07. The third-order valence-corrected chi connectivity index (χ3v) is 3.82. The van der Waals surface area contributed by atoms with Gasteiger partial charge in [-0.05, 0) is 24.3 Å². The summed E-state index contributed by atoms with van der Waals surface area (Å²) in [5.41, 5.74) is 0. The lowest BCUT2D eigenvalue weighted by molar-refractivity contribution is 0.641. The zero-order chi connectivity index (χ0) is 13.0. The van der Waals surface area contributed by atoms with Gasteiger partial charge in [-0.25, -0.2) is 4.98 Å². The smallest absolute Gasteiger partial charge is 0.252 e. The van der Waals surface area contributed by atoms with Crippen molar-refractivity contribution in [2.45, 2.75) is 11.4 Å². The molecule has 0 aliphatic rings. The average molecular weight is 281 g/mol. The molecular weight excluding hydrogens is 272 g/mol. The average Bonchev–Trinajstić information content (AvgIpc) is 2.85. The molecule has 1 heterocycles. The normalized spacial score (nSPS) is 12.0. The zero-order valence-corrected chi connectivity index (χ0v) is 10.9. The van der Waals surface area contributed by atoms with Gasteiger partial charge in [-0.1, -0.05) is 11.6 Å². The number of hydrogen-bond acceptors (Lipinski definition) is 4. The van der Waals surface area contributed by atoms with Crippen LogP contribution in [0.2, 0.25) is 5.02 Å². The molecule has 0 radical (unpaired) electrons. The van der Waals surface area contributed by atoms with Gasteiger partial charge in [-0.2, -0.15) is 5.26 Å². The number of nitriles is 1. The minimum Gasteiger partial charge on any atom is -0.254 e. The molecule has 0 bridgehead atoms. The van der Waals surface area contributed by atoms with Gasteiger partial charge in [0.05, 0.1) is 17.3 Å². The van der Waals surface area contributed by atoms with Gasteiger partial charge in [0, 0.05) is 15.7 Å². The van der Waals surface area contributed by atoms with Crippen LogP contribution in [0.1, 0.15) is 5.82 Å². The first-order chi connectivity index (χ1) is 8.69. The first-order valence-electron chi connectivity index (χ1n) is 5.12. The number of aryl methyl sites for hydroxylation is 1. The standard InChI is InChI=1S/C11H9ClN4OS/c12-9-1-3-10(4-2-9)18(17)6-5-16-8-14-11(7-13)15-16/h1-4,8H,5-6H2. The molecule has 1 atom stereocenters. The highest BCUT2D eigenvalue weighted by Crippen LogP contribution is 2.12. The van der Waals surface area contributed by atoms with Crippen LogP contribution in [-0.4, -0.2) is 24.7 Å². The lowest BCUT2D eigenvalue weighted by Crippen LogP contribution is -2.08. The van der Waals surface area contributed by atoms with Crippen molar-refractivity contribution in [3.05, 3.63) is 41.4 Å². The van der Waals surface area contributed by atoms with E-state index in [4.69, 9.17) is 16.9 Å². The SMILES string of the molecule is N#Cc1ncn(CCS(=O)c2ccc(Cl)cc2)n1. The Morgan fingerprint density at radius 1 is 1.39 bits per heavy atom. The van der Waals surface area contributed by atoms with Crippen molar-refractivity contribution < 1.29 is 4.21 Å². The number of rotatable bonds is 4. The van der Waals surface area contributed by atoms with Crippen molar-refractivity contribution in [3.63, 3.8) is 0 Å². The van der Waals surface area contributed by atoms with Crippen LogP contribution in [0, 0.1) is 11.3 Å². The van der Waals surface area contributed by atoms with E-state index < -0.39 is 10.8 Å². The molecule has 2 aromatic rings. The fourth-order valence-electron chi connectivity index (χ4n) is 1.33. The maximum Gasteiger partial charge on any atom is 0.252 e. The van der Waals surface area contributed by atoms with Crippen molar-refractivity contribution in [1.82, 2.24) is 14.8 Å². The summed E-state index contributed by atoms with van der Waals surface area (Å²) >= 11 is 5.76. The van der Waals surface area contributed by atoms with Gasteiger partial charge in [0.1, 0.15) is 12.4 Å². The predicted molar refractivity (Wildman–Crippen MR) is 67.5 cm³/mol. The monoisotopic (exact) mass is 280 g/mol. The van der Waals surface area contributed by atoms with Gasteiger partial charge >= 0.3 is 0 Å². The lowest BCUT2D eigenvalue weighted by Gasteiger charge is -2.02. The van der Waals surface area contributed by atoms with Crippen molar-refractivity contribution >= 4 is 22.4 Å². The van der Waals surface area contributed by atoms with E-state index in [1.807, 2.05) is 6.07 Å². The van der Waals surface area contributed by atoms with Gasteiger partial charge in [0.2, 0.25) is 0 Å². The van der Waals surface area contributed by atoms with E-state index in [9.17, 15) is 4.21 Å². The minimum absolute atomic E-state index is 0.118. The zero-order valence-electron chi connectivity index (χ0n) is 9.28. The van der Waals surface area contributed by atoms with Crippen LogP contribution in [-0.2, 0) is 17.3 Å². The summed E-state index contributed by atoms with van der Waals surface area (Å²) in [6.45, 7) is 0.448. The molecule has 1 aromatic heterocycles. The molecule has 0 spiro atoms. The third-order valence-electron chi connectivity index (χ3n) is 2.22. The second-order valence-electron chi connectivity index (χ2n) is 3.45. The molecule has 7 heteroatoms. The molecule has 0 amide bonds. The Balaban J connectivity index is 1.96. The Morgan fingerprint density at radius 2 is 2.11 bits per heavy atom. The number of halogens is 1. The fraction of sp³-hybridized carbons (Fsp3) is 0.182. The van der Waals surface area contributed by atoms with Gasteiger partial charge in [0.15, 0.2) is 0 Å². The summed E-state index contributed by atoms with van der Waals surface area (Å²) in [5.74, 6) is 0.530. The summed E-state index contributed by atoms with van der Waals surface area (Å²) < 4.78 is 13.5. The van der Waals surface area contributed by atoms with E-state index in [1.165, 1.54) is 11.0 Å². The third kappa shape index (κ3) is 3.15. The van der Waals surface area contributed by atoms with Crippen molar-refractivity contribution in [2.24, 2.45) is 0 Å². The fourth-order valence-corrected chi connectivity index (χ4v) is 2.49. The molecule has 1 aromatic carbocycles. The van der Waals surface area contributed by atoms with Crippen molar-refractivity contribution in [1.29, 1.82) is 5.26 Å². The minimum atomic E-state index is -1.12. The summed E-state index contributed by atoms with van der Waals surface area (Å²) in [7, 11) is -1.12. The molecule has 0 saturated carbocycles. The second kappa shape index (κ2) is 5.76. The molecule has 5 nitrogen and oxygen atoms in total. The molecule has 0 aliphatic heterocycles. The van der Waals surface area contributed by atoms with E-state index >= 15 is 0 Å². The van der Waals surface area contributed by atoms with Gasteiger partial charge in [-0.15, -0.1) is 5.10 Å². The Labute approximate surface area is 111 Å². The van der Waals surface area contributed by atoms with E-state index in [0.717, 1.165) is 4.90 Å². The van der Waals surface area contributed by atoms with Crippen LogP contribution in [0.4, 0.5) is 0 Å². The maximum absolute atomic E-state index is 11.9. The highest BCUT2D eigenvalue weighted by molar-refractivity contribution is 7.85. The molecule has 0 saturated heterocycles. The van der Waals surface area contributed by atoms with Crippen LogP contribution in [0.15, 0.2) is 35.5 Å². The van der Waals surface area contributed by atoms with E-state index in [0.29, 0.717) is 17.3 Å². The summed E-state index contributed by atoms with van der Waals surface area (Å²) in [6, 6.07) is 8.73. The van der Waals surface area contributed by atoms with Crippen LogP contribution in [0.25, 0.3) is 0 Å². The first-order valence-corrected chi connectivity index (χ1v) is 6.82. The number of benzene rings is 1. The molecule has 92 valence electrons. The topological polar surface area (TPSA) is 71.6 Å². The summed E-state index contributed by atoms with van der Waals surface area (Å²) in [5, 5.41) is 13.1. The molecule has 18 heavy (non-hydrogen) atoms. The maximum atomic E-state index is 11.9. The van der Waals surface area contributed by atoms with Crippen LogP contribution >= 0.6 is 11.6 Å². The highest BCUT2D eigenvalue weighted by atomic mass is 35.5. The molecular formula is C11H9ClN4OS. The number of nitrogens with zero attached hydrogens (tertiary/aromatic N) is 4. The number of hydrogen-bond donors (Lipinski definition) is 0. The van der Waals surface area contributed by atoms with E-state index in [2.05, 4.69) is 10.1 Å². The number of aromatic nitrogens is 3. The van der Waals surface area contributed by atoms with E-state index in [1.54, 1.807) is 24.3 Å². The van der Waals surface area contributed by atoms with Gasteiger partial charge in [-0.3, -0.25) is 8.89 Å². The van der Waals surface area contributed by atoms with Gasteiger partial charge < -0.3 is 0 Å². The summed E-state index contributed by atoms with van der Waals surface area (Å²) in [6.07, 6.45) is 1.46. The first kappa shape index (κ1) is 12.7.